The van der Waals surface area contributed by atoms with E-state index in [-0.39, 0.29) is 13.1 Å². The van der Waals surface area contributed by atoms with Gasteiger partial charge in [0.1, 0.15) is 22.9 Å². The van der Waals surface area contributed by atoms with Crippen LogP contribution in [0.15, 0.2) is 0 Å². The van der Waals surface area contributed by atoms with Crippen LogP contribution in [-0.4, -0.2) is 47.1 Å². The van der Waals surface area contributed by atoms with Gasteiger partial charge in [0.25, 0.3) is 0 Å². The Morgan fingerprint density at radius 3 is 1.44 bits per heavy atom. The second-order valence-corrected chi connectivity index (χ2v) is 4.43. The Morgan fingerprint density at radius 2 is 1.44 bits per heavy atom. The second-order valence-electron chi connectivity index (χ2n) is 3.02. The molecule has 0 aromatic carbocycles. The summed E-state index contributed by atoms with van der Waals surface area (Å²) in [6.45, 7) is -0.347. The highest BCUT2D eigenvalue weighted by atomic mass is 32.2. The third-order valence-corrected chi connectivity index (χ3v) is 2.37. The fourth-order valence-corrected chi connectivity index (χ4v) is 0.673. The lowest BCUT2D eigenvalue weighted by atomic mass is 10.1. The van der Waals surface area contributed by atoms with E-state index in [0.717, 1.165) is 0 Å². The van der Waals surface area contributed by atoms with Crippen LogP contribution in [0.4, 0.5) is 13.2 Å². The van der Waals surface area contributed by atoms with Gasteiger partial charge in [-0.05, 0) is 0 Å². The third-order valence-electron chi connectivity index (χ3n) is 1.79. The molecular formula is C4H6F3N3O7S. The van der Waals surface area contributed by atoms with Crippen LogP contribution in [0.25, 0.3) is 0 Å². The number of nitrogens with zero attached hydrogens (tertiary/aromatic N) is 2. The quantitative estimate of drug-likeness (QED) is 0.221. The van der Waals surface area contributed by atoms with Crippen molar-refractivity contribution in [2.24, 2.45) is 0 Å². The monoisotopic (exact) mass is 297 g/mol. The molecule has 0 aromatic rings. The molecule has 0 amide bonds. The molecule has 1 fully saturated rings. The highest BCUT2D eigenvalue weighted by Gasteiger charge is 2.62. The Kier molecular flexibility index (Phi) is 4.56. The molecule has 0 saturated carbocycles. The predicted octanol–water partition coefficient (Wildman–Crippen LogP) is -0.767. The number of hydrogen-bond acceptors (Lipinski definition) is 7. The average Bonchev–Trinajstić information content (AvgIpc) is 1.95. The maximum absolute atomic E-state index is 10.7. The SMILES string of the molecule is O=S(=O)(O)C(F)(F)F.O=[N+]([O-])C1([N+](=O)[O-])CNC1. The van der Waals surface area contributed by atoms with Crippen molar-refractivity contribution >= 4 is 10.1 Å². The van der Waals surface area contributed by atoms with Gasteiger partial charge in [-0.15, -0.1) is 0 Å². The average molecular weight is 297 g/mol. The Labute approximate surface area is 96.8 Å². The molecule has 106 valence electrons. The number of nitro groups is 2. The fourth-order valence-electron chi connectivity index (χ4n) is 0.673. The Balaban J connectivity index is 0.000000331. The van der Waals surface area contributed by atoms with Crippen LogP contribution in [0.1, 0.15) is 0 Å². The second kappa shape index (κ2) is 4.99. The van der Waals surface area contributed by atoms with Crippen LogP contribution < -0.4 is 5.32 Å². The number of hydrogen-bond donors (Lipinski definition) is 2. The molecule has 0 bridgehead atoms. The van der Waals surface area contributed by atoms with E-state index < -0.39 is 31.1 Å². The summed E-state index contributed by atoms with van der Waals surface area (Å²) >= 11 is 0. The summed E-state index contributed by atoms with van der Waals surface area (Å²) in [5, 5.41) is 22.6. The zero-order valence-electron chi connectivity index (χ0n) is 8.25. The van der Waals surface area contributed by atoms with E-state index in [2.05, 4.69) is 5.32 Å². The predicted molar refractivity (Wildman–Crippen MR) is 47.2 cm³/mol. The first-order valence-corrected chi connectivity index (χ1v) is 5.32. The minimum atomic E-state index is -5.84. The van der Waals surface area contributed by atoms with Crippen molar-refractivity contribution in [1.82, 2.24) is 5.32 Å². The molecule has 14 heteroatoms. The van der Waals surface area contributed by atoms with Crippen molar-refractivity contribution in [3.8, 4) is 0 Å². The van der Waals surface area contributed by atoms with Crippen molar-refractivity contribution in [2.45, 2.75) is 11.2 Å². The summed E-state index contributed by atoms with van der Waals surface area (Å²) < 4.78 is 57.5. The van der Waals surface area contributed by atoms with E-state index in [4.69, 9.17) is 13.0 Å². The van der Waals surface area contributed by atoms with Gasteiger partial charge < -0.3 is 0 Å². The molecular weight excluding hydrogens is 291 g/mol. The maximum Gasteiger partial charge on any atom is 0.522 e. The first kappa shape index (κ1) is 16.5. The number of rotatable bonds is 2. The van der Waals surface area contributed by atoms with Gasteiger partial charge in [0.05, 0.1) is 0 Å². The summed E-state index contributed by atoms with van der Waals surface area (Å²) in [6.07, 6.45) is 0. The molecule has 1 aliphatic rings. The van der Waals surface area contributed by atoms with Crippen LogP contribution in [0.3, 0.4) is 0 Å². The van der Waals surface area contributed by atoms with Crippen LogP contribution in [0.5, 0.6) is 0 Å². The van der Waals surface area contributed by atoms with Gasteiger partial charge in [0, 0.05) is 0 Å². The zero-order chi connectivity index (χ0) is 14.8. The van der Waals surface area contributed by atoms with Gasteiger partial charge in [0.2, 0.25) is 0 Å². The number of alkyl halides is 3. The molecule has 10 nitrogen and oxygen atoms in total. The first-order chi connectivity index (χ1) is 7.84. The summed E-state index contributed by atoms with van der Waals surface area (Å²) in [5.41, 5.74) is -7.48. The van der Waals surface area contributed by atoms with Gasteiger partial charge in [-0.2, -0.15) is 21.6 Å². The van der Waals surface area contributed by atoms with Crippen LogP contribution in [-0.2, 0) is 10.1 Å². The smallest absolute Gasteiger partial charge is 0.291 e. The minimum absolute atomic E-state index is 0.174. The molecule has 0 atom stereocenters. The molecule has 1 aliphatic heterocycles. The Bertz CT molecular complexity index is 425. The molecule has 0 aliphatic carbocycles. The van der Waals surface area contributed by atoms with E-state index in [1.54, 1.807) is 0 Å². The maximum atomic E-state index is 10.7. The van der Waals surface area contributed by atoms with Crippen molar-refractivity contribution in [1.29, 1.82) is 0 Å². The molecule has 1 saturated heterocycles. The highest BCUT2D eigenvalue weighted by Crippen LogP contribution is 2.20. The van der Waals surface area contributed by atoms with Gasteiger partial charge in [-0.1, -0.05) is 0 Å². The van der Waals surface area contributed by atoms with E-state index in [9.17, 15) is 33.4 Å². The van der Waals surface area contributed by atoms with E-state index in [0.29, 0.717) is 0 Å². The van der Waals surface area contributed by atoms with E-state index >= 15 is 0 Å². The van der Waals surface area contributed by atoms with Crippen LogP contribution in [0, 0.1) is 20.2 Å². The molecule has 2 N–H and O–H groups in total. The van der Waals surface area contributed by atoms with Gasteiger partial charge in [0.15, 0.2) is 0 Å². The largest absolute Gasteiger partial charge is 0.522 e. The number of halogens is 3. The zero-order valence-corrected chi connectivity index (χ0v) is 9.06. The summed E-state index contributed by atoms with van der Waals surface area (Å²) in [7, 11) is -5.84. The molecule has 0 aromatic heterocycles. The number of nitrogens with one attached hydrogen (secondary N) is 1. The van der Waals surface area contributed by atoms with Gasteiger partial charge in [-0.3, -0.25) is 30.1 Å². The molecule has 1 heterocycles. The Morgan fingerprint density at radius 1 is 1.17 bits per heavy atom. The lowest BCUT2D eigenvalue weighted by molar-refractivity contribution is -0.802. The molecule has 0 spiro atoms. The van der Waals surface area contributed by atoms with E-state index in [1.807, 2.05) is 0 Å². The van der Waals surface area contributed by atoms with Crippen molar-refractivity contribution in [2.75, 3.05) is 13.1 Å². The summed E-state index contributed by atoms with van der Waals surface area (Å²) in [5.74, 6) is 0. The molecule has 18 heavy (non-hydrogen) atoms. The van der Waals surface area contributed by atoms with Crippen molar-refractivity contribution in [3.63, 3.8) is 0 Å². The van der Waals surface area contributed by atoms with Gasteiger partial charge >= 0.3 is 21.3 Å². The first-order valence-electron chi connectivity index (χ1n) is 3.88. The standard InChI is InChI=1S/C3H5N3O4.CHF3O3S/c7-5(8)3(6(9)10)1-4-2-3;2-1(3,4)8(5,6)7/h4H,1-2H2;(H,5,6,7). The van der Waals surface area contributed by atoms with Crippen molar-refractivity contribution in [3.05, 3.63) is 20.2 Å². The molecule has 1 rings (SSSR count). The molecule has 0 unspecified atom stereocenters. The lowest BCUT2D eigenvalue weighted by Crippen LogP contribution is -2.68. The normalized spacial score (nSPS) is 18.0. The fraction of sp³-hybridized carbons (Fsp3) is 1.00. The van der Waals surface area contributed by atoms with Crippen LogP contribution in [0.2, 0.25) is 0 Å². The van der Waals surface area contributed by atoms with Crippen molar-refractivity contribution < 1.29 is 36.0 Å². The molecule has 0 radical (unpaired) electrons. The Hall–Kier alpha value is -1.54. The van der Waals surface area contributed by atoms with Gasteiger partial charge in [-0.25, -0.2) is 0 Å². The summed E-state index contributed by atoms with van der Waals surface area (Å²) in [4.78, 5) is 18.4. The summed E-state index contributed by atoms with van der Waals surface area (Å²) in [6, 6.07) is 0. The topological polar surface area (TPSA) is 153 Å². The highest BCUT2D eigenvalue weighted by molar-refractivity contribution is 7.86. The van der Waals surface area contributed by atoms with E-state index in [1.165, 1.54) is 0 Å². The third kappa shape index (κ3) is 3.47. The van der Waals surface area contributed by atoms with Crippen LogP contribution >= 0.6 is 0 Å². The lowest BCUT2D eigenvalue weighted by Gasteiger charge is -2.24. The minimum Gasteiger partial charge on any atom is -0.291 e.